The van der Waals surface area contributed by atoms with Crippen LogP contribution >= 0.6 is 11.3 Å². The lowest BCUT2D eigenvalue weighted by molar-refractivity contribution is 0.0702. The zero-order valence-corrected chi connectivity index (χ0v) is 12.6. The van der Waals surface area contributed by atoms with Crippen LogP contribution in [-0.4, -0.2) is 17.1 Å². The maximum absolute atomic E-state index is 10.9. The normalized spacial score (nSPS) is 18.4. The van der Waals surface area contributed by atoms with Crippen molar-refractivity contribution in [2.24, 2.45) is 5.92 Å². The summed E-state index contributed by atoms with van der Waals surface area (Å²) in [6.45, 7) is 5.04. The Bertz CT molecular complexity index is 435. The molecule has 0 unspecified atom stereocenters. The quantitative estimate of drug-likeness (QED) is 0.862. The van der Waals surface area contributed by atoms with Crippen LogP contribution < -0.4 is 5.32 Å². The van der Waals surface area contributed by atoms with Gasteiger partial charge in [0, 0.05) is 17.5 Å². The van der Waals surface area contributed by atoms with Crippen molar-refractivity contribution in [2.75, 3.05) is 0 Å². The molecule has 2 N–H and O–H groups in total. The van der Waals surface area contributed by atoms with Gasteiger partial charge in [0.05, 0.1) is 0 Å². The lowest BCUT2D eigenvalue weighted by Gasteiger charge is -2.28. The first-order valence-electron chi connectivity index (χ1n) is 7.14. The van der Waals surface area contributed by atoms with Gasteiger partial charge in [0.25, 0.3) is 0 Å². The monoisotopic (exact) mass is 281 g/mol. The average molecular weight is 281 g/mol. The third-order valence-corrected chi connectivity index (χ3v) is 5.28. The smallest absolute Gasteiger partial charge is 0.345 e. The Kier molecular flexibility index (Phi) is 4.99. The van der Waals surface area contributed by atoms with E-state index in [0.717, 1.165) is 22.9 Å². The van der Waals surface area contributed by atoms with Crippen molar-refractivity contribution < 1.29 is 9.90 Å². The van der Waals surface area contributed by atoms with Gasteiger partial charge in [0.1, 0.15) is 4.88 Å². The number of hydrogen-bond acceptors (Lipinski definition) is 3. The van der Waals surface area contributed by atoms with E-state index in [0.29, 0.717) is 10.9 Å². The number of thiophene rings is 1. The lowest BCUT2D eigenvalue weighted by atomic mass is 9.84. The first-order chi connectivity index (χ1) is 9.08. The van der Waals surface area contributed by atoms with Crippen LogP contribution in [0.1, 0.15) is 59.1 Å². The molecular weight excluding hydrogens is 258 g/mol. The maximum atomic E-state index is 10.9. The Morgan fingerprint density at radius 1 is 1.47 bits per heavy atom. The van der Waals surface area contributed by atoms with E-state index < -0.39 is 5.97 Å². The summed E-state index contributed by atoms with van der Waals surface area (Å²) in [5.74, 6) is -0.0358. The van der Waals surface area contributed by atoms with Crippen LogP contribution in [0, 0.1) is 12.8 Å². The Hall–Kier alpha value is -0.870. The Labute approximate surface area is 119 Å². The molecule has 106 valence electrons. The molecule has 0 bridgehead atoms. The standard InChI is InChI=1S/C15H23NO2S/c1-10(12-6-4-3-5-7-12)16-9-13-8-14(15(17)18)19-11(13)2/h8,10,12,16H,3-7,9H2,1-2H3,(H,17,18)/t10-/m1/s1. The summed E-state index contributed by atoms with van der Waals surface area (Å²) in [7, 11) is 0. The third kappa shape index (κ3) is 3.80. The Morgan fingerprint density at radius 2 is 2.16 bits per heavy atom. The van der Waals surface area contributed by atoms with Gasteiger partial charge in [-0.15, -0.1) is 11.3 Å². The van der Waals surface area contributed by atoms with Crippen LogP contribution in [0.15, 0.2) is 6.07 Å². The van der Waals surface area contributed by atoms with E-state index in [9.17, 15) is 4.79 Å². The van der Waals surface area contributed by atoms with Crippen LogP contribution in [-0.2, 0) is 6.54 Å². The summed E-state index contributed by atoms with van der Waals surface area (Å²) < 4.78 is 0. The number of nitrogens with one attached hydrogen (secondary N) is 1. The van der Waals surface area contributed by atoms with Gasteiger partial charge in [-0.3, -0.25) is 0 Å². The van der Waals surface area contributed by atoms with Crippen molar-refractivity contribution in [2.45, 2.75) is 58.5 Å². The molecule has 1 heterocycles. The first-order valence-corrected chi connectivity index (χ1v) is 7.95. The topological polar surface area (TPSA) is 49.3 Å². The Balaban J connectivity index is 1.89. The van der Waals surface area contributed by atoms with Crippen LogP contribution in [0.3, 0.4) is 0 Å². The second kappa shape index (κ2) is 6.53. The fourth-order valence-corrected chi connectivity index (χ4v) is 3.75. The van der Waals surface area contributed by atoms with E-state index in [4.69, 9.17) is 5.11 Å². The summed E-state index contributed by atoms with van der Waals surface area (Å²) in [6, 6.07) is 2.33. The molecule has 0 amide bonds. The van der Waals surface area contributed by atoms with Crippen LogP contribution in [0.4, 0.5) is 0 Å². The van der Waals surface area contributed by atoms with Gasteiger partial charge in [-0.05, 0) is 44.2 Å². The minimum atomic E-state index is -0.820. The highest BCUT2D eigenvalue weighted by molar-refractivity contribution is 7.14. The SMILES string of the molecule is Cc1sc(C(=O)O)cc1CN[C@H](C)C1CCCCC1. The molecule has 1 aliphatic rings. The van der Waals surface area contributed by atoms with Crippen molar-refractivity contribution in [3.05, 3.63) is 21.4 Å². The number of carboxylic acid groups (broad SMARTS) is 1. The minimum absolute atomic E-state index is 0.444. The van der Waals surface area contributed by atoms with E-state index in [1.54, 1.807) is 0 Å². The van der Waals surface area contributed by atoms with Gasteiger partial charge < -0.3 is 10.4 Å². The zero-order chi connectivity index (χ0) is 13.8. The third-order valence-electron chi connectivity index (χ3n) is 4.20. The van der Waals surface area contributed by atoms with E-state index in [1.165, 1.54) is 43.4 Å². The molecule has 2 rings (SSSR count). The van der Waals surface area contributed by atoms with Gasteiger partial charge >= 0.3 is 5.97 Å². The number of carbonyl (C=O) groups is 1. The van der Waals surface area contributed by atoms with Gasteiger partial charge in [0.2, 0.25) is 0 Å². The molecule has 1 aromatic heterocycles. The molecule has 0 spiro atoms. The van der Waals surface area contributed by atoms with Crippen molar-refractivity contribution in [3.63, 3.8) is 0 Å². The molecule has 0 radical (unpaired) electrons. The number of hydrogen-bond donors (Lipinski definition) is 2. The fraction of sp³-hybridized carbons (Fsp3) is 0.667. The minimum Gasteiger partial charge on any atom is -0.477 e. The molecule has 19 heavy (non-hydrogen) atoms. The number of aryl methyl sites for hydroxylation is 1. The van der Waals surface area contributed by atoms with Crippen molar-refractivity contribution in [3.8, 4) is 0 Å². The molecule has 1 aliphatic carbocycles. The van der Waals surface area contributed by atoms with Crippen molar-refractivity contribution in [1.29, 1.82) is 0 Å². The zero-order valence-electron chi connectivity index (χ0n) is 11.7. The lowest BCUT2D eigenvalue weighted by Crippen LogP contribution is -2.34. The van der Waals surface area contributed by atoms with Crippen LogP contribution in [0.5, 0.6) is 0 Å². The van der Waals surface area contributed by atoms with Crippen molar-refractivity contribution >= 4 is 17.3 Å². The van der Waals surface area contributed by atoms with Crippen molar-refractivity contribution in [1.82, 2.24) is 5.32 Å². The highest BCUT2D eigenvalue weighted by Gasteiger charge is 2.20. The summed E-state index contributed by atoms with van der Waals surface area (Å²) >= 11 is 1.37. The average Bonchev–Trinajstić information content (AvgIpc) is 2.79. The highest BCUT2D eigenvalue weighted by Crippen LogP contribution is 2.27. The molecule has 1 fully saturated rings. The van der Waals surface area contributed by atoms with E-state index in [-0.39, 0.29) is 0 Å². The number of rotatable bonds is 5. The predicted octanol–water partition coefficient (Wildman–Crippen LogP) is 3.81. The van der Waals surface area contributed by atoms with Gasteiger partial charge in [-0.2, -0.15) is 0 Å². The summed E-state index contributed by atoms with van der Waals surface area (Å²) in [4.78, 5) is 12.5. The van der Waals surface area contributed by atoms with E-state index in [2.05, 4.69) is 12.2 Å². The molecular formula is C15H23NO2S. The van der Waals surface area contributed by atoms with Crippen LogP contribution in [0.2, 0.25) is 0 Å². The Morgan fingerprint density at radius 3 is 2.74 bits per heavy atom. The maximum Gasteiger partial charge on any atom is 0.345 e. The predicted molar refractivity (Wildman–Crippen MR) is 78.9 cm³/mol. The second-order valence-corrected chi connectivity index (χ2v) is 6.82. The largest absolute Gasteiger partial charge is 0.477 e. The van der Waals surface area contributed by atoms with Gasteiger partial charge in [-0.25, -0.2) is 4.79 Å². The molecule has 0 aromatic carbocycles. The summed E-state index contributed by atoms with van der Waals surface area (Å²) in [5, 5.41) is 12.6. The molecule has 1 saturated carbocycles. The van der Waals surface area contributed by atoms with Crippen LogP contribution in [0.25, 0.3) is 0 Å². The molecule has 3 nitrogen and oxygen atoms in total. The van der Waals surface area contributed by atoms with Gasteiger partial charge in [-0.1, -0.05) is 19.3 Å². The summed E-state index contributed by atoms with van der Waals surface area (Å²) in [5.41, 5.74) is 1.13. The molecule has 0 aliphatic heterocycles. The molecule has 1 aromatic rings. The van der Waals surface area contributed by atoms with E-state index >= 15 is 0 Å². The second-order valence-electron chi connectivity index (χ2n) is 5.56. The highest BCUT2D eigenvalue weighted by atomic mass is 32.1. The molecule has 4 heteroatoms. The molecule has 0 saturated heterocycles. The number of aromatic carboxylic acids is 1. The fourth-order valence-electron chi connectivity index (χ4n) is 2.87. The summed E-state index contributed by atoms with van der Waals surface area (Å²) in [6.07, 6.45) is 6.76. The molecule has 1 atom stereocenters. The first kappa shape index (κ1) is 14.5. The van der Waals surface area contributed by atoms with Gasteiger partial charge in [0.15, 0.2) is 0 Å². The van der Waals surface area contributed by atoms with E-state index in [1.807, 2.05) is 13.0 Å². The number of carboxylic acids is 1.